The molecule has 1 N–H and O–H groups in total. The van der Waals surface area contributed by atoms with Gasteiger partial charge >= 0.3 is 0 Å². The van der Waals surface area contributed by atoms with Crippen molar-refractivity contribution in [1.82, 2.24) is 10.2 Å². The van der Waals surface area contributed by atoms with Gasteiger partial charge in [-0.2, -0.15) is 5.10 Å². The highest BCUT2D eigenvalue weighted by atomic mass is 79.9. The zero-order valence-corrected chi connectivity index (χ0v) is 10.7. The highest BCUT2D eigenvalue weighted by molar-refractivity contribution is 9.11. The molecule has 72 valence electrons. The van der Waals surface area contributed by atoms with Gasteiger partial charge in [-0.3, -0.25) is 5.10 Å². The van der Waals surface area contributed by atoms with Crippen LogP contribution < -0.4 is 0 Å². The summed E-state index contributed by atoms with van der Waals surface area (Å²) < 4.78 is 2.12. The first-order valence-electron chi connectivity index (χ1n) is 4.13. The molecule has 14 heavy (non-hydrogen) atoms. The van der Waals surface area contributed by atoms with Crippen molar-refractivity contribution < 1.29 is 0 Å². The van der Waals surface area contributed by atoms with Gasteiger partial charge in [-0.05, 0) is 30.7 Å². The molecule has 2 nitrogen and oxygen atoms in total. The molecule has 0 aliphatic carbocycles. The van der Waals surface area contributed by atoms with Gasteiger partial charge in [-0.1, -0.05) is 31.9 Å². The fraction of sp³-hybridized carbons (Fsp3) is 0.100. The number of H-pyrrole nitrogens is 1. The quantitative estimate of drug-likeness (QED) is 0.849. The lowest BCUT2D eigenvalue weighted by molar-refractivity contribution is 1.05. The Morgan fingerprint density at radius 1 is 1.14 bits per heavy atom. The summed E-state index contributed by atoms with van der Waals surface area (Å²) in [4.78, 5) is 0. The van der Waals surface area contributed by atoms with E-state index in [9.17, 15) is 0 Å². The first-order valence-corrected chi connectivity index (χ1v) is 5.72. The zero-order valence-electron chi connectivity index (χ0n) is 7.51. The average Bonchev–Trinajstić information content (AvgIpc) is 2.49. The topological polar surface area (TPSA) is 28.7 Å². The van der Waals surface area contributed by atoms with Gasteiger partial charge in [0.15, 0.2) is 0 Å². The number of hydrogen-bond donors (Lipinski definition) is 1. The van der Waals surface area contributed by atoms with Crippen LogP contribution in [-0.4, -0.2) is 10.2 Å². The summed E-state index contributed by atoms with van der Waals surface area (Å²) in [5.41, 5.74) is 3.36. The number of halogens is 2. The molecule has 0 spiro atoms. The largest absolute Gasteiger partial charge is 0.282 e. The van der Waals surface area contributed by atoms with Crippen LogP contribution in [0.25, 0.3) is 11.1 Å². The van der Waals surface area contributed by atoms with Crippen LogP contribution in [0.1, 0.15) is 5.69 Å². The van der Waals surface area contributed by atoms with Gasteiger partial charge in [-0.15, -0.1) is 0 Å². The summed E-state index contributed by atoms with van der Waals surface area (Å²) in [6.45, 7) is 2.01. The zero-order chi connectivity index (χ0) is 10.1. The summed E-state index contributed by atoms with van der Waals surface area (Å²) in [5.74, 6) is 0. The number of rotatable bonds is 1. The Balaban J connectivity index is 2.57. The second-order valence-electron chi connectivity index (χ2n) is 3.07. The molecule has 0 amide bonds. The number of aromatic nitrogens is 2. The van der Waals surface area contributed by atoms with Crippen molar-refractivity contribution in [2.24, 2.45) is 0 Å². The van der Waals surface area contributed by atoms with E-state index in [2.05, 4.69) is 54.2 Å². The van der Waals surface area contributed by atoms with Gasteiger partial charge in [0.1, 0.15) is 0 Å². The second kappa shape index (κ2) is 3.87. The van der Waals surface area contributed by atoms with Crippen molar-refractivity contribution in [2.45, 2.75) is 6.92 Å². The summed E-state index contributed by atoms with van der Waals surface area (Å²) in [6.07, 6.45) is 1.84. The van der Waals surface area contributed by atoms with Crippen molar-refractivity contribution in [3.8, 4) is 11.1 Å². The summed E-state index contributed by atoms with van der Waals surface area (Å²) >= 11 is 6.92. The minimum atomic E-state index is 1.06. The summed E-state index contributed by atoms with van der Waals surface area (Å²) in [6, 6.07) is 6.16. The molecule has 1 aromatic heterocycles. The van der Waals surface area contributed by atoms with Crippen LogP contribution in [0.2, 0.25) is 0 Å². The Labute approximate surface area is 99.0 Å². The lowest BCUT2D eigenvalue weighted by Gasteiger charge is -2.01. The third-order valence-electron chi connectivity index (χ3n) is 2.00. The summed E-state index contributed by atoms with van der Waals surface area (Å²) in [5, 5.41) is 6.93. The van der Waals surface area contributed by atoms with Gasteiger partial charge in [0, 0.05) is 20.2 Å². The van der Waals surface area contributed by atoms with Gasteiger partial charge in [0.05, 0.1) is 6.20 Å². The maximum Gasteiger partial charge on any atom is 0.0568 e. The maximum atomic E-state index is 4.00. The van der Waals surface area contributed by atoms with Crippen LogP contribution >= 0.6 is 31.9 Å². The molecule has 0 radical (unpaired) electrons. The predicted octanol–water partition coefficient (Wildman–Crippen LogP) is 3.91. The number of nitrogens with zero attached hydrogens (tertiary/aromatic N) is 1. The second-order valence-corrected chi connectivity index (χ2v) is 4.90. The molecule has 2 aromatic rings. The Bertz CT molecular complexity index is 443. The Hall–Kier alpha value is -0.610. The average molecular weight is 316 g/mol. The fourth-order valence-corrected chi connectivity index (χ4v) is 2.64. The third-order valence-corrected chi connectivity index (χ3v) is 2.92. The SMILES string of the molecule is Cc1[nH]ncc1-c1cc(Br)cc(Br)c1. The first-order chi connectivity index (χ1) is 6.66. The highest BCUT2D eigenvalue weighted by Gasteiger charge is 2.05. The molecule has 0 saturated carbocycles. The number of aryl methyl sites for hydroxylation is 1. The Morgan fingerprint density at radius 3 is 2.29 bits per heavy atom. The van der Waals surface area contributed by atoms with Crippen LogP contribution in [0.4, 0.5) is 0 Å². The minimum absolute atomic E-state index is 1.06. The van der Waals surface area contributed by atoms with E-state index in [-0.39, 0.29) is 0 Å². The molecule has 0 saturated heterocycles. The maximum absolute atomic E-state index is 4.00. The summed E-state index contributed by atoms with van der Waals surface area (Å²) in [7, 11) is 0. The molecule has 0 aliphatic rings. The number of nitrogens with one attached hydrogen (secondary N) is 1. The van der Waals surface area contributed by atoms with E-state index in [0.717, 1.165) is 25.8 Å². The predicted molar refractivity (Wildman–Crippen MR) is 64.2 cm³/mol. The number of hydrogen-bond acceptors (Lipinski definition) is 1. The molecule has 2 rings (SSSR count). The van der Waals surface area contributed by atoms with E-state index in [1.165, 1.54) is 0 Å². The number of aromatic amines is 1. The van der Waals surface area contributed by atoms with E-state index in [0.29, 0.717) is 0 Å². The molecule has 4 heteroatoms. The molecule has 0 fully saturated rings. The van der Waals surface area contributed by atoms with Crippen molar-refractivity contribution >= 4 is 31.9 Å². The van der Waals surface area contributed by atoms with Crippen LogP contribution in [0.3, 0.4) is 0 Å². The van der Waals surface area contributed by atoms with Crippen molar-refractivity contribution in [3.63, 3.8) is 0 Å². The third kappa shape index (κ3) is 1.91. The molecule has 0 unspecified atom stereocenters. The van der Waals surface area contributed by atoms with E-state index in [1.807, 2.05) is 19.2 Å². The van der Waals surface area contributed by atoms with Gasteiger partial charge < -0.3 is 0 Å². The molecule has 1 aromatic carbocycles. The van der Waals surface area contributed by atoms with Gasteiger partial charge in [0.25, 0.3) is 0 Å². The normalized spacial score (nSPS) is 10.5. The van der Waals surface area contributed by atoms with Crippen molar-refractivity contribution in [1.29, 1.82) is 0 Å². The van der Waals surface area contributed by atoms with Crippen LogP contribution in [0.5, 0.6) is 0 Å². The standard InChI is InChI=1S/C10H8Br2N2/c1-6-10(5-13-14-6)7-2-8(11)4-9(12)3-7/h2-5H,1H3,(H,13,14). The van der Waals surface area contributed by atoms with E-state index in [4.69, 9.17) is 0 Å². The monoisotopic (exact) mass is 314 g/mol. The molecular weight excluding hydrogens is 308 g/mol. The molecule has 0 aliphatic heterocycles. The van der Waals surface area contributed by atoms with Crippen molar-refractivity contribution in [2.75, 3.05) is 0 Å². The number of benzene rings is 1. The molecule has 0 atom stereocenters. The first kappa shape index (κ1) is 9.93. The molecule has 1 heterocycles. The smallest absolute Gasteiger partial charge is 0.0568 e. The Morgan fingerprint density at radius 2 is 1.79 bits per heavy atom. The molecular formula is C10H8Br2N2. The van der Waals surface area contributed by atoms with Gasteiger partial charge in [-0.25, -0.2) is 0 Å². The lowest BCUT2D eigenvalue weighted by atomic mass is 10.1. The Kier molecular flexibility index (Phi) is 2.74. The highest BCUT2D eigenvalue weighted by Crippen LogP contribution is 2.28. The van der Waals surface area contributed by atoms with Gasteiger partial charge in [0.2, 0.25) is 0 Å². The van der Waals surface area contributed by atoms with Crippen LogP contribution in [-0.2, 0) is 0 Å². The van der Waals surface area contributed by atoms with Crippen LogP contribution in [0.15, 0.2) is 33.3 Å². The van der Waals surface area contributed by atoms with Crippen molar-refractivity contribution in [3.05, 3.63) is 39.0 Å². The van der Waals surface area contributed by atoms with E-state index < -0.39 is 0 Å². The molecule has 0 bridgehead atoms. The minimum Gasteiger partial charge on any atom is -0.282 e. The van der Waals surface area contributed by atoms with E-state index >= 15 is 0 Å². The fourth-order valence-electron chi connectivity index (χ4n) is 1.35. The van der Waals surface area contributed by atoms with E-state index in [1.54, 1.807) is 0 Å². The van der Waals surface area contributed by atoms with Crippen LogP contribution in [0, 0.1) is 6.92 Å². The lowest BCUT2D eigenvalue weighted by Crippen LogP contribution is -1.79.